The number of rotatable bonds is 3. The van der Waals surface area contributed by atoms with Crippen LogP contribution in [0.5, 0.6) is 5.75 Å². The minimum absolute atomic E-state index is 0.108. The van der Waals surface area contributed by atoms with E-state index in [1.54, 1.807) is 25.2 Å². The number of phenols is 1. The van der Waals surface area contributed by atoms with Gasteiger partial charge in [-0.15, -0.1) is 0 Å². The van der Waals surface area contributed by atoms with E-state index in [9.17, 15) is 9.90 Å². The van der Waals surface area contributed by atoms with Crippen LogP contribution in [0.2, 0.25) is 0 Å². The number of fused-ring (bicyclic) bond motifs is 1. The van der Waals surface area contributed by atoms with Crippen LogP contribution in [0.15, 0.2) is 36.4 Å². The van der Waals surface area contributed by atoms with Crippen molar-refractivity contribution < 1.29 is 9.90 Å². The largest absolute Gasteiger partial charge is 0.507 e. The zero-order valence-electron chi connectivity index (χ0n) is 9.53. The molecule has 0 saturated heterocycles. The van der Waals surface area contributed by atoms with Crippen LogP contribution in [-0.2, 0) is 4.79 Å². The second kappa shape index (κ2) is 4.84. The number of likely N-dealkylation sites (N-methyl/N-ethyl adjacent to an activating group) is 1. The van der Waals surface area contributed by atoms with Crippen LogP contribution in [0.3, 0.4) is 0 Å². The van der Waals surface area contributed by atoms with Gasteiger partial charge in [-0.25, -0.2) is 0 Å². The number of hydrogen-bond acceptors (Lipinski definition) is 3. The topological polar surface area (TPSA) is 61.4 Å². The predicted molar refractivity (Wildman–Crippen MR) is 68.2 cm³/mol. The van der Waals surface area contributed by atoms with E-state index in [0.717, 1.165) is 10.8 Å². The first kappa shape index (κ1) is 11.4. The number of carbonyl (C=O) groups is 1. The van der Waals surface area contributed by atoms with E-state index in [4.69, 9.17) is 0 Å². The summed E-state index contributed by atoms with van der Waals surface area (Å²) in [6, 6.07) is 10.7. The molecule has 1 amide bonds. The molecule has 0 spiro atoms. The molecule has 0 heterocycles. The van der Waals surface area contributed by atoms with Gasteiger partial charge in [-0.1, -0.05) is 24.3 Å². The lowest BCUT2D eigenvalue weighted by molar-refractivity contribution is -0.115. The predicted octanol–water partition coefficient (Wildman–Crippen LogP) is 1.70. The standard InChI is InChI=1S/C13H14N2O2/c1-14-8-13(17)15-11-6-2-5-10-9(11)4-3-7-12(10)16/h2-7,14,16H,8H2,1H3,(H,15,17). The SMILES string of the molecule is CNCC(=O)Nc1cccc2c(O)cccc12. The summed E-state index contributed by atoms with van der Waals surface area (Å²) >= 11 is 0. The minimum atomic E-state index is -0.108. The Kier molecular flexibility index (Phi) is 3.25. The zero-order chi connectivity index (χ0) is 12.3. The first-order valence-corrected chi connectivity index (χ1v) is 5.37. The highest BCUT2D eigenvalue weighted by Gasteiger charge is 2.06. The molecule has 17 heavy (non-hydrogen) atoms. The van der Waals surface area contributed by atoms with Gasteiger partial charge in [-0.3, -0.25) is 4.79 Å². The van der Waals surface area contributed by atoms with E-state index in [-0.39, 0.29) is 18.2 Å². The molecule has 0 aliphatic rings. The number of hydrogen-bond donors (Lipinski definition) is 3. The normalized spacial score (nSPS) is 10.4. The summed E-state index contributed by atoms with van der Waals surface area (Å²) in [4.78, 5) is 11.5. The Labute approximate surface area is 99.3 Å². The third kappa shape index (κ3) is 2.37. The van der Waals surface area contributed by atoms with Gasteiger partial charge in [-0.05, 0) is 19.2 Å². The van der Waals surface area contributed by atoms with Gasteiger partial charge in [0, 0.05) is 16.5 Å². The number of anilines is 1. The summed E-state index contributed by atoms with van der Waals surface area (Å²) < 4.78 is 0. The zero-order valence-corrected chi connectivity index (χ0v) is 9.53. The molecule has 4 nitrogen and oxygen atoms in total. The number of aromatic hydroxyl groups is 1. The summed E-state index contributed by atoms with van der Waals surface area (Å²) in [5.74, 6) is 0.107. The monoisotopic (exact) mass is 230 g/mol. The average Bonchev–Trinajstić information content (AvgIpc) is 2.31. The van der Waals surface area contributed by atoms with E-state index < -0.39 is 0 Å². The smallest absolute Gasteiger partial charge is 0.238 e. The molecule has 0 radical (unpaired) electrons. The molecule has 0 unspecified atom stereocenters. The van der Waals surface area contributed by atoms with E-state index in [1.165, 1.54) is 0 Å². The number of phenolic OH excluding ortho intramolecular Hbond substituents is 1. The van der Waals surface area contributed by atoms with Gasteiger partial charge in [0.15, 0.2) is 0 Å². The first-order valence-electron chi connectivity index (χ1n) is 5.37. The molecule has 4 heteroatoms. The van der Waals surface area contributed by atoms with Gasteiger partial charge in [0.2, 0.25) is 5.91 Å². The molecule has 0 fully saturated rings. The van der Waals surface area contributed by atoms with Gasteiger partial charge in [0.25, 0.3) is 0 Å². The van der Waals surface area contributed by atoms with Crippen molar-refractivity contribution in [3.8, 4) is 5.75 Å². The van der Waals surface area contributed by atoms with Crippen LogP contribution in [0.25, 0.3) is 10.8 Å². The fourth-order valence-electron chi connectivity index (χ4n) is 1.76. The molecular weight excluding hydrogens is 216 g/mol. The molecule has 2 aromatic rings. The van der Waals surface area contributed by atoms with Crippen molar-refractivity contribution in [1.82, 2.24) is 5.32 Å². The van der Waals surface area contributed by atoms with Crippen LogP contribution in [0.4, 0.5) is 5.69 Å². The van der Waals surface area contributed by atoms with Gasteiger partial charge < -0.3 is 15.7 Å². The molecule has 0 aromatic heterocycles. The second-order valence-electron chi connectivity index (χ2n) is 3.76. The van der Waals surface area contributed by atoms with Crippen molar-refractivity contribution >= 4 is 22.4 Å². The Morgan fingerprint density at radius 1 is 1.18 bits per heavy atom. The van der Waals surface area contributed by atoms with Gasteiger partial charge in [-0.2, -0.15) is 0 Å². The molecular formula is C13H14N2O2. The Hall–Kier alpha value is -2.07. The first-order chi connectivity index (χ1) is 8.22. The molecule has 3 N–H and O–H groups in total. The Bertz CT molecular complexity index is 552. The minimum Gasteiger partial charge on any atom is -0.507 e. The molecule has 0 aliphatic heterocycles. The van der Waals surface area contributed by atoms with E-state index in [2.05, 4.69) is 10.6 Å². The van der Waals surface area contributed by atoms with Crippen LogP contribution in [0, 0.1) is 0 Å². The molecule has 0 atom stereocenters. The second-order valence-corrected chi connectivity index (χ2v) is 3.76. The lowest BCUT2D eigenvalue weighted by atomic mass is 10.1. The van der Waals surface area contributed by atoms with E-state index >= 15 is 0 Å². The molecule has 2 aromatic carbocycles. The molecule has 0 aliphatic carbocycles. The Morgan fingerprint density at radius 2 is 1.88 bits per heavy atom. The highest BCUT2D eigenvalue weighted by atomic mass is 16.3. The maximum atomic E-state index is 11.5. The van der Waals surface area contributed by atoms with Gasteiger partial charge in [0.1, 0.15) is 5.75 Å². The lowest BCUT2D eigenvalue weighted by Gasteiger charge is -2.09. The highest BCUT2D eigenvalue weighted by molar-refractivity contribution is 6.04. The fraction of sp³-hybridized carbons (Fsp3) is 0.154. The van der Waals surface area contributed by atoms with Gasteiger partial charge >= 0.3 is 0 Å². The van der Waals surface area contributed by atoms with Crippen molar-refractivity contribution in [3.05, 3.63) is 36.4 Å². The maximum absolute atomic E-state index is 11.5. The van der Waals surface area contributed by atoms with Gasteiger partial charge in [0.05, 0.1) is 6.54 Å². The summed E-state index contributed by atoms with van der Waals surface area (Å²) in [6.45, 7) is 0.259. The van der Waals surface area contributed by atoms with Crippen molar-refractivity contribution in [2.24, 2.45) is 0 Å². The quantitative estimate of drug-likeness (QED) is 0.752. The number of amides is 1. The summed E-state index contributed by atoms with van der Waals surface area (Å²) in [5, 5.41) is 16.9. The van der Waals surface area contributed by atoms with E-state index in [1.807, 2.05) is 18.2 Å². The summed E-state index contributed by atoms with van der Waals surface area (Å²) in [5.41, 5.74) is 0.707. The summed E-state index contributed by atoms with van der Waals surface area (Å²) in [6.07, 6.45) is 0. The number of nitrogens with one attached hydrogen (secondary N) is 2. The fourth-order valence-corrected chi connectivity index (χ4v) is 1.76. The Morgan fingerprint density at radius 3 is 2.65 bits per heavy atom. The highest BCUT2D eigenvalue weighted by Crippen LogP contribution is 2.29. The molecule has 88 valence electrons. The average molecular weight is 230 g/mol. The van der Waals surface area contributed by atoms with Crippen molar-refractivity contribution in [2.45, 2.75) is 0 Å². The molecule has 0 bridgehead atoms. The lowest BCUT2D eigenvalue weighted by Crippen LogP contribution is -2.25. The van der Waals surface area contributed by atoms with Crippen LogP contribution in [0.1, 0.15) is 0 Å². The van der Waals surface area contributed by atoms with Crippen LogP contribution >= 0.6 is 0 Å². The van der Waals surface area contributed by atoms with E-state index in [0.29, 0.717) is 5.69 Å². The van der Waals surface area contributed by atoms with Crippen molar-refractivity contribution in [1.29, 1.82) is 0 Å². The maximum Gasteiger partial charge on any atom is 0.238 e. The van der Waals surface area contributed by atoms with Crippen molar-refractivity contribution in [2.75, 3.05) is 18.9 Å². The molecule has 0 saturated carbocycles. The van der Waals surface area contributed by atoms with Crippen LogP contribution in [-0.4, -0.2) is 24.6 Å². The van der Waals surface area contributed by atoms with Crippen molar-refractivity contribution in [3.63, 3.8) is 0 Å². The van der Waals surface area contributed by atoms with Crippen LogP contribution < -0.4 is 10.6 Å². The third-order valence-electron chi connectivity index (χ3n) is 2.51. The third-order valence-corrected chi connectivity index (χ3v) is 2.51. The number of benzene rings is 2. The number of carbonyl (C=O) groups excluding carboxylic acids is 1. The molecule has 2 rings (SSSR count). The Balaban J connectivity index is 2.41. The summed E-state index contributed by atoms with van der Waals surface area (Å²) in [7, 11) is 1.72.